The largest absolute Gasteiger partial charge is 0.423 e. The van der Waals surface area contributed by atoms with Crippen LogP contribution >= 0.6 is 11.6 Å². The van der Waals surface area contributed by atoms with Gasteiger partial charge in [-0.25, -0.2) is 4.79 Å². The van der Waals surface area contributed by atoms with E-state index in [9.17, 15) is 14.4 Å². The van der Waals surface area contributed by atoms with Crippen LogP contribution in [-0.4, -0.2) is 17.8 Å². The number of fused-ring (bicyclic) bond motifs is 5. The maximum absolute atomic E-state index is 12.9. The van der Waals surface area contributed by atoms with Gasteiger partial charge in [-0.3, -0.25) is 14.5 Å². The fraction of sp³-hybridized carbons (Fsp3) is 0.318. The highest BCUT2D eigenvalue weighted by atomic mass is 35.5. The average molecular weight is 396 g/mol. The molecule has 6 heteroatoms. The number of carbonyl (C=O) groups excluding carboxylic acids is 3. The predicted molar refractivity (Wildman–Crippen MR) is 103 cm³/mol. The van der Waals surface area contributed by atoms with E-state index < -0.39 is 5.97 Å². The van der Waals surface area contributed by atoms with E-state index in [4.69, 9.17) is 16.3 Å². The topological polar surface area (TPSA) is 63.7 Å². The standard InChI is InChI=1S/C22H18ClNO4/c23-15-5-3-12(4-6-15)22(27)28-17-9-7-16(8-10-17)24-20(25)18-13-1-2-14(11-13)19(18)21(24)26/h3-10,13-14,18-19H,1-2,11H2/t13-,14+,18-,19+. The summed E-state index contributed by atoms with van der Waals surface area (Å²) in [6, 6.07) is 12.9. The Hall–Kier alpha value is -2.66. The second kappa shape index (κ2) is 6.45. The summed E-state index contributed by atoms with van der Waals surface area (Å²) in [7, 11) is 0. The van der Waals surface area contributed by atoms with E-state index in [2.05, 4.69) is 0 Å². The average Bonchev–Trinajstić information content (AvgIpc) is 3.37. The number of imide groups is 1. The molecule has 0 aromatic heterocycles. The zero-order chi connectivity index (χ0) is 19.4. The number of benzene rings is 2. The molecule has 1 heterocycles. The number of amides is 2. The molecule has 142 valence electrons. The fourth-order valence-electron chi connectivity index (χ4n) is 5.08. The molecule has 3 aliphatic rings. The summed E-state index contributed by atoms with van der Waals surface area (Å²) in [6.45, 7) is 0. The van der Waals surface area contributed by atoms with E-state index in [1.54, 1.807) is 48.5 Å². The van der Waals surface area contributed by atoms with Gasteiger partial charge in [0.25, 0.3) is 0 Å². The van der Waals surface area contributed by atoms with Crippen molar-refractivity contribution >= 4 is 35.1 Å². The Morgan fingerprint density at radius 1 is 0.893 bits per heavy atom. The number of carbonyl (C=O) groups is 3. The highest BCUT2D eigenvalue weighted by Gasteiger charge is 2.61. The van der Waals surface area contributed by atoms with E-state index in [-0.39, 0.29) is 23.7 Å². The van der Waals surface area contributed by atoms with Gasteiger partial charge in [0.05, 0.1) is 23.1 Å². The highest BCUT2D eigenvalue weighted by molar-refractivity contribution is 6.30. The molecule has 1 saturated heterocycles. The Morgan fingerprint density at radius 3 is 2.04 bits per heavy atom. The number of hydrogen-bond donors (Lipinski definition) is 0. The summed E-state index contributed by atoms with van der Waals surface area (Å²) in [5.41, 5.74) is 0.928. The van der Waals surface area contributed by atoms with Crippen LogP contribution in [-0.2, 0) is 9.59 Å². The molecule has 5 nitrogen and oxygen atoms in total. The molecule has 2 bridgehead atoms. The van der Waals surface area contributed by atoms with E-state index in [1.165, 1.54) is 4.90 Å². The first-order chi connectivity index (χ1) is 13.5. The Labute approximate surface area is 167 Å². The molecule has 2 saturated carbocycles. The first kappa shape index (κ1) is 17.4. The monoisotopic (exact) mass is 395 g/mol. The van der Waals surface area contributed by atoms with Gasteiger partial charge in [0, 0.05) is 5.02 Å². The molecule has 0 N–H and O–H groups in total. The van der Waals surface area contributed by atoms with Crippen LogP contribution in [0.2, 0.25) is 5.02 Å². The Balaban J connectivity index is 1.33. The van der Waals surface area contributed by atoms with Gasteiger partial charge in [0.2, 0.25) is 11.8 Å². The zero-order valence-electron chi connectivity index (χ0n) is 15.0. The molecular weight excluding hydrogens is 378 g/mol. The SMILES string of the molecule is O=C(Oc1ccc(N2C(=O)[C@@H]3[C@@H]4CC[C@@H](C4)[C@@H]3C2=O)cc1)c1ccc(Cl)cc1. The predicted octanol–water partition coefficient (Wildman–Crippen LogP) is 4.09. The van der Waals surface area contributed by atoms with Gasteiger partial charge in [0.15, 0.2) is 0 Å². The molecule has 3 fully saturated rings. The van der Waals surface area contributed by atoms with Crippen molar-refractivity contribution in [3.8, 4) is 5.75 Å². The first-order valence-corrected chi connectivity index (χ1v) is 9.86. The van der Waals surface area contributed by atoms with Gasteiger partial charge in [-0.15, -0.1) is 0 Å². The fourth-order valence-corrected chi connectivity index (χ4v) is 5.20. The maximum atomic E-state index is 12.9. The molecular formula is C22H18ClNO4. The molecule has 2 aliphatic carbocycles. The summed E-state index contributed by atoms with van der Waals surface area (Å²) in [5.74, 6) is 0.127. The Bertz CT molecular complexity index is 941. The Kier molecular flexibility index (Phi) is 4.02. The van der Waals surface area contributed by atoms with Gasteiger partial charge in [-0.05, 0) is 79.6 Å². The van der Waals surface area contributed by atoms with E-state index in [0.29, 0.717) is 33.9 Å². The van der Waals surface area contributed by atoms with Crippen LogP contribution in [0, 0.1) is 23.7 Å². The van der Waals surface area contributed by atoms with E-state index in [1.807, 2.05) is 0 Å². The molecule has 5 rings (SSSR count). The summed E-state index contributed by atoms with van der Waals surface area (Å²) in [6.07, 6.45) is 3.12. The number of hydrogen-bond acceptors (Lipinski definition) is 4. The number of halogens is 1. The minimum absolute atomic E-state index is 0.0758. The summed E-state index contributed by atoms with van der Waals surface area (Å²) in [4.78, 5) is 39.3. The lowest BCUT2D eigenvalue weighted by molar-refractivity contribution is -0.123. The van der Waals surface area contributed by atoms with Crippen molar-refractivity contribution in [2.75, 3.05) is 4.90 Å². The lowest BCUT2D eigenvalue weighted by atomic mass is 9.81. The minimum Gasteiger partial charge on any atom is -0.423 e. The minimum atomic E-state index is -0.496. The lowest BCUT2D eigenvalue weighted by Crippen LogP contribution is -2.32. The van der Waals surface area contributed by atoms with Crippen molar-refractivity contribution < 1.29 is 19.1 Å². The number of rotatable bonds is 3. The molecule has 0 spiro atoms. The van der Waals surface area contributed by atoms with E-state index >= 15 is 0 Å². The van der Waals surface area contributed by atoms with Gasteiger partial charge >= 0.3 is 5.97 Å². The highest BCUT2D eigenvalue weighted by Crippen LogP contribution is 2.56. The van der Waals surface area contributed by atoms with Crippen LogP contribution in [0.1, 0.15) is 29.6 Å². The van der Waals surface area contributed by atoms with Crippen molar-refractivity contribution in [1.29, 1.82) is 0 Å². The quantitative estimate of drug-likeness (QED) is 0.446. The van der Waals surface area contributed by atoms with Crippen molar-refractivity contribution in [3.05, 3.63) is 59.1 Å². The van der Waals surface area contributed by atoms with Crippen molar-refractivity contribution in [3.63, 3.8) is 0 Å². The van der Waals surface area contributed by atoms with Gasteiger partial charge in [0.1, 0.15) is 5.75 Å². The van der Waals surface area contributed by atoms with Gasteiger partial charge in [-0.1, -0.05) is 11.6 Å². The van der Waals surface area contributed by atoms with Crippen LogP contribution in [0.3, 0.4) is 0 Å². The van der Waals surface area contributed by atoms with Crippen LogP contribution in [0.15, 0.2) is 48.5 Å². The number of esters is 1. The third-order valence-electron chi connectivity index (χ3n) is 6.31. The molecule has 2 aromatic rings. The molecule has 2 aromatic carbocycles. The van der Waals surface area contributed by atoms with Crippen molar-refractivity contribution in [1.82, 2.24) is 0 Å². The Morgan fingerprint density at radius 2 is 1.46 bits per heavy atom. The number of anilines is 1. The zero-order valence-corrected chi connectivity index (χ0v) is 15.8. The van der Waals surface area contributed by atoms with Crippen LogP contribution in [0.25, 0.3) is 0 Å². The second-order valence-corrected chi connectivity index (χ2v) is 8.22. The summed E-state index contributed by atoms with van der Waals surface area (Å²) < 4.78 is 5.36. The molecule has 0 unspecified atom stereocenters. The van der Waals surface area contributed by atoms with Crippen LogP contribution < -0.4 is 9.64 Å². The summed E-state index contributed by atoms with van der Waals surface area (Å²) in [5, 5.41) is 0.541. The van der Waals surface area contributed by atoms with E-state index in [0.717, 1.165) is 19.3 Å². The third kappa shape index (κ3) is 2.65. The second-order valence-electron chi connectivity index (χ2n) is 7.79. The molecule has 2 amide bonds. The summed E-state index contributed by atoms with van der Waals surface area (Å²) >= 11 is 5.82. The third-order valence-corrected chi connectivity index (χ3v) is 6.56. The van der Waals surface area contributed by atoms with Crippen LogP contribution in [0.4, 0.5) is 5.69 Å². The molecule has 28 heavy (non-hydrogen) atoms. The van der Waals surface area contributed by atoms with Gasteiger partial charge < -0.3 is 4.74 Å². The lowest BCUT2D eigenvalue weighted by Gasteiger charge is -2.19. The van der Waals surface area contributed by atoms with Crippen molar-refractivity contribution in [2.24, 2.45) is 23.7 Å². The first-order valence-electron chi connectivity index (χ1n) is 9.48. The molecule has 0 radical (unpaired) electrons. The normalized spacial score (nSPS) is 28.0. The smallest absolute Gasteiger partial charge is 0.343 e. The maximum Gasteiger partial charge on any atom is 0.343 e. The van der Waals surface area contributed by atoms with Crippen LogP contribution in [0.5, 0.6) is 5.75 Å². The molecule has 1 aliphatic heterocycles. The molecule has 4 atom stereocenters. The number of ether oxygens (including phenoxy) is 1. The van der Waals surface area contributed by atoms with Gasteiger partial charge in [-0.2, -0.15) is 0 Å². The van der Waals surface area contributed by atoms with Crippen molar-refractivity contribution in [2.45, 2.75) is 19.3 Å². The number of nitrogens with zero attached hydrogens (tertiary/aromatic N) is 1.